The molecule has 2 aromatic rings. The van der Waals surface area contributed by atoms with Crippen molar-refractivity contribution in [1.29, 1.82) is 0 Å². The second kappa shape index (κ2) is 8.51. The van der Waals surface area contributed by atoms with Gasteiger partial charge in [-0.3, -0.25) is 20.2 Å². The first-order valence-electron chi connectivity index (χ1n) is 6.99. The molecule has 0 aliphatic rings. The number of nitrogens with zero attached hydrogens (tertiary/aromatic N) is 2. The van der Waals surface area contributed by atoms with Gasteiger partial charge in [-0.05, 0) is 24.3 Å². The van der Waals surface area contributed by atoms with E-state index in [2.05, 4.69) is 0 Å². The van der Waals surface area contributed by atoms with E-state index in [4.69, 9.17) is 10.2 Å². The smallest absolute Gasteiger partial charge is 0.342 e. The maximum Gasteiger partial charge on any atom is 0.342 e. The van der Waals surface area contributed by atoms with Crippen molar-refractivity contribution < 1.29 is 29.6 Å². The molecule has 0 aromatic heterocycles. The van der Waals surface area contributed by atoms with E-state index in [0.29, 0.717) is 14.9 Å². The summed E-state index contributed by atoms with van der Waals surface area (Å²) in [5, 5.41) is 40.1. The highest BCUT2D eigenvalue weighted by atomic mass is 32.2. The fraction of sp³-hybridized carbons (Fsp3) is 0.0667. The first-order valence-corrected chi connectivity index (χ1v) is 8.97. The van der Waals surface area contributed by atoms with Crippen LogP contribution in [0.5, 0.6) is 0 Å². The summed E-state index contributed by atoms with van der Waals surface area (Å²) in [6.45, 7) is 0. The molecule has 2 rings (SSSR count). The van der Waals surface area contributed by atoms with E-state index in [1.165, 1.54) is 47.8 Å². The molecule has 140 valence electrons. The van der Waals surface area contributed by atoms with Crippen LogP contribution in [0.15, 0.2) is 46.2 Å². The Morgan fingerprint density at radius 2 is 1.19 bits per heavy atom. The molecule has 0 atom stereocenters. The zero-order valence-electron chi connectivity index (χ0n) is 13.2. The van der Waals surface area contributed by atoms with Crippen LogP contribution in [0.4, 0.5) is 11.4 Å². The van der Waals surface area contributed by atoms with E-state index >= 15 is 0 Å². The molecule has 27 heavy (non-hydrogen) atoms. The van der Waals surface area contributed by atoms with Gasteiger partial charge in [0.2, 0.25) is 0 Å². The second-order valence-electron chi connectivity index (χ2n) is 4.89. The molecular formula is C15H10N2O8S2. The lowest BCUT2D eigenvalue weighted by molar-refractivity contribution is -0.385. The average Bonchev–Trinajstić information content (AvgIpc) is 2.61. The number of aromatic carboxylic acids is 2. The number of thioether (sulfide) groups is 2. The number of hydrogen-bond donors (Lipinski definition) is 2. The van der Waals surface area contributed by atoms with Gasteiger partial charge in [0.15, 0.2) is 0 Å². The molecule has 0 saturated heterocycles. The highest BCUT2D eigenvalue weighted by molar-refractivity contribution is 8.16. The number of nitro benzene ring substituents is 2. The SMILES string of the molecule is O=C(O)c1cc(SCSc2ccc([N+](=O)[O-])c(C(=O)O)c2)ccc1[N+](=O)[O-]. The number of nitro groups is 2. The summed E-state index contributed by atoms with van der Waals surface area (Å²) in [4.78, 5) is 43.3. The molecule has 0 aliphatic heterocycles. The molecule has 2 aromatic carbocycles. The van der Waals surface area contributed by atoms with E-state index in [1.54, 1.807) is 0 Å². The number of carboxylic acids is 2. The van der Waals surface area contributed by atoms with Crippen LogP contribution in [0.2, 0.25) is 0 Å². The van der Waals surface area contributed by atoms with Crippen molar-refractivity contribution in [3.8, 4) is 0 Å². The summed E-state index contributed by atoms with van der Waals surface area (Å²) in [6.07, 6.45) is 0. The Morgan fingerprint density at radius 3 is 1.48 bits per heavy atom. The normalized spacial score (nSPS) is 10.4. The summed E-state index contributed by atoms with van der Waals surface area (Å²) in [5.74, 6) is -2.84. The van der Waals surface area contributed by atoms with Crippen molar-refractivity contribution in [1.82, 2.24) is 0 Å². The number of rotatable bonds is 8. The molecule has 0 spiro atoms. The molecule has 0 heterocycles. The zero-order chi connectivity index (χ0) is 20.1. The minimum absolute atomic E-state index is 0.327. The van der Waals surface area contributed by atoms with Gasteiger partial charge in [-0.25, -0.2) is 9.59 Å². The Kier molecular flexibility index (Phi) is 6.36. The first-order chi connectivity index (χ1) is 12.7. The number of carbonyl (C=O) groups is 2. The molecular weight excluding hydrogens is 400 g/mol. The van der Waals surface area contributed by atoms with Gasteiger partial charge in [0, 0.05) is 27.0 Å². The fourth-order valence-corrected chi connectivity index (χ4v) is 4.09. The van der Waals surface area contributed by atoms with Gasteiger partial charge in [-0.1, -0.05) is 0 Å². The Bertz CT molecular complexity index is 872. The molecule has 0 unspecified atom stereocenters. The number of hydrogen-bond acceptors (Lipinski definition) is 8. The van der Waals surface area contributed by atoms with E-state index in [-0.39, 0.29) is 0 Å². The van der Waals surface area contributed by atoms with E-state index in [1.807, 2.05) is 0 Å². The Balaban J connectivity index is 2.13. The van der Waals surface area contributed by atoms with Gasteiger partial charge in [-0.2, -0.15) is 0 Å². The van der Waals surface area contributed by atoms with Gasteiger partial charge in [0.1, 0.15) is 11.1 Å². The molecule has 0 fully saturated rings. The van der Waals surface area contributed by atoms with Crippen molar-refractivity contribution in [3.63, 3.8) is 0 Å². The van der Waals surface area contributed by atoms with Crippen LogP contribution in [-0.4, -0.2) is 37.1 Å². The number of benzene rings is 2. The predicted octanol–water partition coefficient (Wildman–Crippen LogP) is 3.74. The van der Waals surface area contributed by atoms with E-state index < -0.39 is 44.3 Å². The highest BCUT2D eigenvalue weighted by Crippen LogP contribution is 2.32. The Labute approximate surface area is 159 Å². The largest absolute Gasteiger partial charge is 0.477 e. The van der Waals surface area contributed by atoms with Gasteiger partial charge in [0.25, 0.3) is 11.4 Å². The molecule has 0 bridgehead atoms. The lowest BCUT2D eigenvalue weighted by Gasteiger charge is -2.05. The molecule has 10 nitrogen and oxygen atoms in total. The van der Waals surface area contributed by atoms with Gasteiger partial charge in [-0.15, -0.1) is 23.5 Å². The van der Waals surface area contributed by atoms with Crippen molar-refractivity contribution in [3.05, 3.63) is 67.8 Å². The third-order valence-corrected chi connectivity index (χ3v) is 5.36. The summed E-state index contributed by atoms with van der Waals surface area (Å²) < 4.78 is 0. The minimum Gasteiger partial charge on any atom is -0.477 e. The highest BCUT2D eigenvalue weighted by Gasteiger charge is 2.21. The van der Waals surface area contributed by atoms with Crippen molar-refractivity contribution in [2.75, 3.05) is 5.08 Å². The fourth-order valence-electron chi connectivity index (χ4n) is 2.04. The van der Waals surface area contributed by atoms with Crippen LogP contribution in [-0.2, 0) is 0 Å². The lowest BCUT2D eigenvalue weighted by atomic mass is 10.2. The van der Waals surface area contributed by atoms with Crippen LogP contribution in [0.25, 0.3) is 0 Å². The quantitative estimate of drug-likeness (QED) is 0.284. The van der Waals surface area contributed by atoms with Crippen LogP contribution < -0.4 is 0 Å². The third kappa shape index (κ3) is 4.95. The summed E-state index contributed by atoms with van der Waals surface area (Å²) in [6, 6.07) is 7.40. The van der Waals surface area contributed by atoms with Crippen molar-refractivity contribution in [2.45, 2.75) is 9.79 Å². The molecule has 12 heteroatoms. The van der Waals surface area contributed by atoms with Gasteiger partial charge in [0.05, 0.1) is 9.85 Å². The maximum absolute atomic E-state index is 11.1. The van der Waals surface area contributed by atoms with E-state index in [0.717, 1.165) is 12.1 Å². The third-order valence-electron chi connectivity index (χ3n) is 3.24. The van der Waals surface area contributed by atoms with Crippen molar-refractivity contribution >= 4 is 46.8 Å². The summed E-state index contributed by atoms with van der Waals surface area (Å²) in [7, 11) is 0. The standard InChI is InChI=1S/C15H10N2O8S2/c18-14(19)10-5-8(1-3-12(10)16(22)23)26-7-27-9-2-4-13(17(24)25)11(6-9)15(20)21/h1-6H,7H2,(H,18,19)(H,20,21). The molecule has 2 N–H and O–H groups in total. The molecule has 0 saturated carbocycles. The van der Waals surface area contributed by atoms with Crippen molar-refractivity contribution in [2.24, 2.45) is 0 Å². The molecule has 0 radical (unpaired) electrons. The van der Waals surface area contributed by atoms with Crippen LogP contribution in [0.1, 0.15) is 20.7 Å². The molecule has 0 amide bonds. The summed E-state index contributed by atoms with van der Waals surface area (Å²) >= 11 is 2.38. The number of carboxylic acid groups (broad SMARTS) is 2. The second-order valence-corrected chi connectivity index (χ2v) is 7.35. The predicted molar refractivity (Wildman–Crippen MR) is 96.7 cm³/mol. The average molecular weight is 410 g/mol. The minimum atomic E-state index is -1.42. The zero-order valence-corrected chi connectivity index (χ0v) is 14.9. The van der Waals surface area contributed by atoms with Gasteiger partial charge < -0.3 is 10.2 Å². The monoisotopic (exact) mass is 410 g/mol. The van der Waals surface area contributed by atoms with E-state index in [9.17, 15) is 29.8 Å². The maximum atomic E-state index is 11.1. The van der Waals surface area contributed by atoms with Crippen LogP contribution in [0, 0.1) is 20.2 Å². The lowest BCUT2D eigenvalue weighted by Crippen LogP contribution is -2.03. The van der Waals surface area contributed by atoms with Crippen LogP contribution in [0.3, 0.4) is 0 Å². The Morgan fingerprint density at radius 1 is 0.815 bits per heavy atom. The van der Waals surface area contributed by atoms with Crippen LogP contribution >= 0.6 is 23.5 Å². The van der Waals surface area contributed by atoms with Gasteiger partial charge >= 0.3 is 11.9 Å². The molecule has 0 aliphatic carbocycles. The topological polar surface area (TPSA) is 161 Å². The Hall–Kier alpha value is -3.12. The summed E-state index contributed by atoms with van der Waals surface area (Å²) in [5.41, 5.74) is -1.89. The first kappa shape index (κ1) is 20.2.